The summed E-state index contributed by atoms with van der Waals surface area (Å²) in [6.45, 7) is 3.35. The van der Waals surface area contributed by atoms with Gasteiger partial charge in [-0.3, -0.25) is 0 Å². The van der Waals surface area contributed by atoms with E-state index in [9.17, 15) is 10.0 Å². The predicted molar refractivity (Wildman–Crippen MR) is 31.8 cm³/mol. The van der Waals surface area contributed by atoms with Crippen molar-refractivity contribution >= 4 is 5.97 Å². The molecule has 0 amide bonds. The van der Waals surface area contributed by atoms with Crippen LogP contribution in [0.2, 0.25) is 0 Å². The Morgan fingerprint density at radius 3 is 3.11 bits per heavy atom. The molecule has 48 valence electrons. The molecule has 0 aromatic carbocycles. The van der Waals surface area contributed by atoms with Crippen LogP contribution in [0.4, 0.5) is 0 Å². The van der Waals surface area contributed by atoms with Crippen molar-refractivity contribution in [2.75, 3.05) is 6.61 Å². The van der Waals surface area contributed by atoms with Gasteiger partial charge in [-0.2, -0.15) is 0 Å². The third kappa shape index (κ3) is 4.35. The minimum Gasteiger partial charge on any atom is -0.498 e. The summed E-state index contributed by atoms with van der Waals surface area (Å²) in [5.74, 6) is -0.870. The molecule has 0 rings (SSSR count). The van der Waals surface area contributed by atoms with Gasteiger partial charge in [0, 0.05) is 5.01 Å². The molecule has 0 N–H and O–H groups in total. The molecule has 4 heteroatoms. The Kier molecular flexibility index (Phi) is 3.88. The fourth-order valence-electron chi connectivity index (χ4n) is 0.204. The van der Waals surface area contributed by atoms with Gasteiger partial charge < -0.3 is 9.94 Å². The van der Waals surface area contributed by atoms with Crippen molar-refractivity contribution in [3.8, 4) is 6.07 Å². The second kappa shape index (κ2) is 4.65. The SMILES string of the molecule is C=CCOC(=O)C#[N+][O-]. The van der Waals surface area contributed by atoms with Crippen LogP contribution < -0.4 is 0 Å². The normalized spacial score (nSPS) is 6.67. The fourth-order valence-corrected chi connectivity index (χ4v) is 0.204. The highest BCUT2D eigenvalue weighted by molar-refractivity contribution is 5.87. The monoisotopic (exact) mass is 127 g/mol. The maximum Gasteiger partial charge on any atom is 0.462 e. The van der Waals surface area contributed by atoms with Crippen LogP contribution in [-0.2, 0) is 9.53 Å². The van der Waals surface area contributed by atoms with Gasteiger partial charge in [-0.1, -0.05) is 12.7 Å². The average Bonchev–Trinajstić information content (AvgIpc) is 1.85. The minimum absolute atomic E-state index is 0.0708. The quantitative estimate of drug-likeness (QED) is 0.235. The first-order valence-electron chi connectivity index (χ1n) is 2.17. The van der Waals surface area contributed by atoms with E-state index in [4.69, 9.17) is 0 Å². The molecule has 0 aliphatic carbocycles. The van der Waals surface area contributed by atoms with E-state index in [1.807, 2.05) is 0 Å². The molecule has 4 nitrogen and oxygen atoms in total. The van der Waals surface area contributed by atoms with E-state index in [1.54, 1.807) is 6.07 Å². The number of hydrogen-bond acceptors (Lipinski definition) is 3. The number of esters is 1. The van der Waals surface area contributed by atoms with Crippen molar-refractivity contribution in [3.05, 3.63) is 22.9 Å². The van der Waals surface area contributed by atoms with Crippen LogP contribution >= 0.6 is 0 Å². The first-order chi connectivity index (χ1) is 4.31. The summed E-state index contributed by atoms with van der Waals surface area (Å²) in [5.41, 5.74) is 0. The van der Waals surface area contributed by atoms with Crippen molar-refractivity contribution in [1.82, 2.24) is 0 Å². The highest BCUT2D eigenvalue weighted by Crippen LogP contribution is 1.75. The Morgan fingerprint density at radius 1 is 2.00 bits per heavy atom. The summed E-state index contributed by atoms with van der Waals surface area (Å²) in [6.07, 6.45) is 1.38. The molecule has 0 atom stereocenters. The van der Waals surface area contributed by atoms with Gasteiger partial charge in [0.25, 0.3) is 0 Å². The lowest BCUT2D eigenvalue weighted by Crippen LogP contribution is -1.99. The summed E-state index contributed by atoms with van der Waals surface area (Å²) in [6, 6.07) is 1.54. The van der Waals surface area contributed by atoms with Crippen molar-refractivity contribution in [2.24, 2.45) is 0 Å². The molecule has 0 saturated carbocycles. The summed E-state index contributed by atoms with van der Waals surface area (Å²) >= 11 is 0. The lowest BCUT2D eigenvalue weighted by molar-refractivity contribution is -0.135. The first-order valence-corrected chi connectivity index (χ1v) is 2.17. The van der Waals surface area contributed by atoms with Gasteiger partial charge in [-0.15, -0.1) is 0 Å². The van der Waals surface area contributed by atoms with E-state index < -0.39 is 5.97 Å². The van der Waals surface area contributed by atoms with Gasteiger partial charge in [0.1, 0.15) is 6.61 Å². The Balaban J connectivity index is 3.47. The zero-order valence-electron chi connectivity index (χ0n) is 4.66. The number of carbonyl (C=O) groups excluding carboxylic acids is 1. The maximum atomic E-state index is 10.1. The van der Waals surface area contributed by atoms with Gasteiger partial charge in [-0.05, 0) is 0 Å². The van der Waals surface area contributed by atoms with Crippen LogP contribution in [0.15, 0.2) is 12.7 Å². The van der Waals surface area contributed by atoms with Gasteiger partial charge in [0.2, 0.25) is 0 Å². The summed E-state index contributed by atoms with van der Waals surface area (Å²) in [4.78, 5) is 10.1. The van der Waals surface area contributed by atoms with E-state index in [-0.39, 0.29) is 6.61 Å². The molecule has 0 bridgehead atoms. The van der Waals surface area contributed by atoms with E-state index in [0.29, 0.717) is 0 Å². The van der Waals surface area contributed by atoms with Crippen molar-refractivity contribution in [2.45, 2.75) is 0 Å². The van der Waals surface area contributed by atoms with Gasteiger partial charge in [0.05, 0.1) is 0 Å². The number of rotatable bonds is 2. The molecule has 0 aromatic heterocycles. The van der Waals surface area contributed by atoms with Crippen molar-refractivity contribution in [1.29, 1.82) is 0 Å². The number of ether oxygens (including phenoxy) is 1. The molecular weight excluding hydrogens is 122 g/mol. The van der Waals surface area contributed by atoms with Crippen LogP contribution in [-0.4, -0.2) is 12.6 Å². The smallest absolute Gasteiger partial charge is 0.462 e. The molecule has 0 aliphatic heterocycles. The summed E-state index contributed by atoms with van der Waals surface area (Å²) < 4.78 is 4.27. The lowest BCUT2D eigenvalue weighted by Gasteiger charge is -1.86. The van der Waals surface area contributed by atoms with Crippen LogP contribution in [0.3, 0.4) is 0 Å². The standard InChI is InChI=1S/C5H5NO3/c1-2-3-9-5(7)4-6-8/h2H,1,3H2. The van der Waals surface area contributed by atoms with Gasteiger partial charge >= 0.3 is 12.0 Å². The molecular formula is C5H5NO3. The number of carbonyl (C=O) groups is 1. The van der Waals surface area contributed by atoms with Crippen molar-refractivity contribution in [3.63, 3.8) is 0 Å². The topological polar surface area (TPSA) is 53.7 Å². The van der Waals surface area contributed by atoms with E-state index >= 15 is 0 Å². The number of nitrogens with zero attached hydrogens (tertiary/aromatic N) is 1. The third-order valence-electron chi connectivity index (χ3n) is 0.469. The highest BCUT2D eigenvalue weighted by atomic mass is 16.5. The Labute approximate surface area is 52.1 Å². The molecule has 9 heavy (non-hydrogen) atoms. The van der Waals surface area contributed by atoms with Gasteiger partial charge in [0.15, 0.2) is 0 Å². The molecule has 0 spiro atoms. The lowest BCUT2D eigenvalue weighted by atomic mass is 10.7. The Hall–Kier alpha value is -1.50. The third-order valence-corrected chi connectivity index (χ3v) is 0.469. The van der Waals surface area contributed by atoms with Crippen molar-refractivity contribution < 1.29 is 9.53 Å². The average molecular weight is 127 g/mol. The molecule has 0 aliphatic rings. The number of hydrogen-bond donors (Lipinski definition) is 0. The van der Waals surface area contributed by atoms with E-state index in [1.165, 1.54) is 6.08 Å². The summed E-state index contributed by atoms with van der Waals surface area (Å²) in [5, 5.41) is 11.4. The minimum atomic E-state index is -0.870. The Morgan fingerprint density at radius 2 is 2.67 bits per heavy atom. The van der Waals surface area contributed by atoms with Gasteiger partial charge in [-0.25, -0.2) is 4.79 Å². The zero-order valence-corrected chi connectivity index (χ0v) is 4.66. The summed E-state index contributed by atoms with van der Waals surface area (Å²) in [7, 11) is 0. The molecule has 0 saturated heterocycles. The molecule has 0 aromatic rings. The van der Waals surface area contributed by atoms with Crippen LogP contribution in [0.1, 0.15) is 0 Å². The Bertz CT molecular complexity index is 165. The van der Waals surface area contributed by atoms with Crippen LogP contribution in [0.5, 0.6) is 0 Å². The second-order valence-electron chi connectivity index (χ2n) is 1.09. The van der Waals surface area contributed by atoms with Crippen LogP contribution in [0.25, 0.3) is 5.01 Å². The van der Waals surface area contributed by atoms with Crippen LogP contribution in [0, 0.1) is 11.3 Å². The second-order valence-corrected chi connectivity index (χ2v) is 1.09. The van der Waals surface area contributed by atoms with E-state index in [0.717, 1.165) is 0 Å². The molecule has 0 unspecified atom stereocenters. The fraction of sp³-hybridized carbons (Fsp3) is 0.200. The predicted octanol–water partition coefficient (Wildman–Crippen LogP) is 0.546. The zero-order chi connectivity index (χ0) is 7.11. The largest absolute Gasteiger partial charge is 0.498 e. The highest BCUT2D eigenvalue weighted by Gasteiger charge is 2.01. The molecule has 0 fully saturated rings. The molecule has 0 radical (unpaired) electrons. The first kappa shape index (κ1) is 7.50. The molecule has 0 heterocycles. The maximum absolute atomic E-state index is 10.1. The van der Waals surface area contributed by atoms with E-state index in [2.05, 4.69) is 16.3 Å².